The van der Waals surface area contributed by atoms with E-state index in [9.17, 15) is 8.78 Å². The monoisotopic (exact) mass is 308 g/mol. The zero-order valence-electron chi connectivity index (χ0n) is 12.5. The molecule has 2 aromatic rings. The smallest absolute Gasteiger partial charge is 0.191 e. The minimum absolute atomic E-state index is 0.330. The second-order valence-electron chi connectivity index (χ2n) is 4.64. The maximum atomic E-state index is 13.5. The van der Waals surface area contributed by atoms with Crippen molar-refractivity contribution in [1.29, 1.82) is 0 Å². The van der Waals surface area contributed by atoms with E-state index in [4.69, 9.17) is 0 Å². The first kappa shape index (κ1) is 15.9. The Labute approximate surface area is 127 Å². The van der Waals surface area contributed by atoms with Gasteiger partial charge in [0.1, 0.15) is 23.8 Å². The minimum atomic E-state index is -0.443. The average Bonchev–Trinajstić information content (AvgIpc) is 2.91. The molecule has 0 radical (unpaired) electrons. The van der Waals surface area contributed by atoms with E-state index in [1.165, 1.54) is 12.4 Å². The van der Waals surface area contributed by atoms with Crippen LogP contribution in [0, 0.1) is 11.6 Å². The van der Waals surface area contributed by atoms with Crippen LogP contribution < -0.4 is 10.6 Å². The summed E-state index contributed by atoms with van der Waals surface area (Å²) in [5.74, 6) is 0.463. The molecule has 0 bridgehead atoms. The van der Waals surface area contributed by atoms with Crippen molar-refractivity contribution in [3.05, 3.63) is 47.5 Å². The molecule has 8 heteroatoms. The number of nitrogens with one attached hydrogen (secondary N) is 2. The molecule has 0 atom stereocenters. The van der Waals surface area contributed by atoms with Gasteiger partial charge in [0.05, 0.1) is 6.54 Å². The molecule has 1 aromatic carbocycles. The summed E-state index contributed by atoms with van der Waals surface area (Å²) in [5, 5.41) is 10.1. The number of aromatic nitrogens is 3. The third-order valence-electron chi connectivity index (χ3n) is 3.14. The largest absolute Gasteiger partial charge is 0.356 e. The highest BCUT2D eigenvalue weighted by atomic mass is 19.1. The quantitative estimate of drug-likeness (QED) is 0.639. The minimum Gasteiger partial charge on any atom is -0.356 e. The van der Waals surface area contributed by atoms with Gasteiger partial charge in [-0.1, -0.05) is 0 Å². The SMILES string of the molecule is CN=C(NCCc1cc(F)ccc1F)NCc1ncnn1C. The number of hydrogen-bond acceptors (Lipinski definition) is 3. The van der Waals surface area contributed by atoms with Crippen LogP contribution in [0.15, 0.2) is 29.5 Å². The Morgan fingerprint density at radius 1 is 1.32 bits per heavy atom. The van der Waals surface area contributed by atoms with E-state index in [1.807, 2.05) is 0 Å². The molecule has 0 saturated heterocycles. The summed E-state index contributed by atoms with van der Waals surface area (Å²) in [6.07, 6.45) is 1.83. The molecule has 118 valence electrons. The lowest BCUT2D eigenvalue weighted by Gasteiger charge is -2.11. The van der Waals surface area contributed by atoms with Gasteiger partial charge in [-0.25, -0.2) is 13.8 Å². The molecule has 22 heavy (non-hydrogen) atoms. The lowest BCUT2D eigenvalue weighted by atomic mass is 10.1. The van der Waals surface area contributed by atoms with Gasteiger partial charge in [-0.05, 0) is 30.2 Å². The summed E-state index contributed by atoms with van der Waals surface area (Å²) < 4.78 is 28.2. The molecule has 0 spiro atoms. The highest BCUT2D eigenvalue weighted by Crippen LogP contribution is 2.09. The van der Waals surface area contributed by atoms with E-state index in [2.05, 4.69) is 25.7 Å². The van der Waals surface area contributed by atoms with Crippen molar-refractivity contribution in [3.8, 4) is 0 Å². The van der Waals surface area contributed by atoms with E-state index < -0.39 is 11.6 Å². The van der Waals surface area contributed by atoms with Gasteiger partial charge in [-0.15, -0.1) is 0 Å². The van der Waals surface area contributed by atoms with E-state index in [0.717, 1.165) is 18.0 Å². The predicted molar refractivity (Wildman–Crippen MR) is 79.3 cm³/mol. The normalized spacial score (nSPS) is 11.5. The van der Waals surface area contributed by atoms with E-state index in [1.54, 1.807) is 18.8 Å². The fourth-order valence-corrected chi connectivity index (χ4v) is 1.91. The van der Waals surface area contributed by atoms with Gasteiger partial charge in [0.2, 0.25) is 0 Å². The van der Waals surface area contributed by atoms with Crippen molar-refractivity contribution in [2.24, 2.45) is 12.0 Å². The van der Waals surface area contributed by atoms with Crippen LogP contribution >= 0.6 is 0 Å². The van der Waals surface area contributed by atoms with Crippen LogP contribution in [0.5, 0.6) is 0 Å². The number of guanidine groups is 1. The molecule has 2 N–H and O–H groups in total. The highest BCUT2D eigenvalue weighted by Gasteiger charge is 2.05. The van der Waals surface area contributed by atoms with Crippen LogP contribution in [0.3, 0.4) is 0 Å². The first-order chi connectivity index (χ1) is 10.6. The predicted octanol–water partition coefficient (Wildman–Crippen LogP) is 1.00. The Morgan fingerprint density at radius 2 is 2.14 bits per heavy atom. The maximum absolute atomic E-state index is 13.5. The standard InChI is InChI=1S/C14H18F2N6/c1-17-14(19-8-13-20-9-21-22(13)2)18-6-5-10-7-11(15)3-4-12(10)16/h3-4,7,9H,5-6,8H2,1-2H3,(H2,17,18,19). The van der Waals surface area contributed by atoms with Crippen LogP contribution in [0.1, 0.15) is 11.4 Å². The lowest BCUT2D eigenvalue weighted by Crippen LogP contribution is -2.38. The molecule has 0 aliphatic carbocycles. The zero-order chi connectivity index (χ0) is 15.9. The first-order valence-corrected chi connectivity index (χ1v) is 6.81. The Bertz CT molecular complexity index is 653. The summed E-state index contributed by atoms with van der Waals surface area (Å²) in [6.45, 7) is 0.892. The van der Waals surface area contributed by atoms with Crippen molar-refractivity contribution in [2.75, 3.05) is 13.6 Å². The zero-order valence-corrected chi connectivity index (χ0v) is 12.5. The Kier molecular flexibility index (Phi) is 5.40. The molecule has 0 fully saturated rings. The fraction of sp³-hybridized carbons (Fsp3) is 0.357. The van der Waals surface area contributed by atoms with Crippen LogP contribution in [0.25, 0.3) is 0 Å². The maximum Gasteiger partial charge on any atom is 0.191 e. The number of rotatable bonds is 5. The van der Waals surface area contributed by atoms with Gasteiger partial charge >= 0.3 is 0 Å². The van der Waals surface area contributed by atoms with E-state index in [0.29, 0.717) is 31.0 Å². The van der Waals surface area contributed by atoms with Gasteiger partial charge in [-0.2, -0.15) is 5.10 Å². The van der Waals surface area contributed by atoms with Crippen LogP contribution in [-0.4, -0.2) is 34.3 Å². The van der Waals surface area contributed by atoms with Crippen LogP contribution in [0.2, 0.25) is 0 Å². The fourth-order valence-electron chi connectivity index (χ4n) is 1.91. The third kappa shape index (κ3) is 4.24. The molecule has 1 heterocycles. The molecule has 0 unspecified atom stereocenters. The first-order valence-electron chi connectivity index (χ1n) is 6.81. The summed E-state index contributed by atoms with van der Waals surface area (Å²) in [7, 11) is 3.43. The summed E-state index contributed by atoms with van der Waals surface area (Å²) in [6, 6.07) is 3.44. The number of nitrogens with zero attached hydrogens (tertiary/aromatic N) is 4. The number of halogens is 2. The highest BCUT2D eigenvalue weighted by molar-refractivity contribution is 5.79. The topological polar surface area (TPSA) is 67.1 Å². The molecular formula is C14H18F2N6. The Morgan fingerprint density at radius 3 is 2.82 bits per heavy atom. The number of benzene rings is 1. The summed E-state index contributed by atoms with van der Waals surface area (Å²) >= 11 is 0. The van der Waals surface area contributed by atoms with E-state index >= 15 is 0 Å². The summed E-state index contributed by atoms with van der Waals surface area (Å²) in [4.78, 5) is 8.14. The molecular weight excluding hydrogens is 290 g/mol. The Balaban J connectivity index is 1.81. The Hall–Kier alpha value is -2.51. The summed E-state index contributed by atoms with van der Waals surface area (Å²) in [5.41, 5.74) is 0.330. The molecule has 0 aliphatic rings. The number of aliphatic imine (C=N–C) groups is 1. The average molecular weight is 308 g/mol. The molecule has 6 nitrogen and oxygen atoms in total. The molecule has 0 saturated carbocycles. The van der Waals surface area contributed by atoms with Crippen molar-refractivity contribution < 1.29 is 8.78 Å². The molecule has 1 aromatic heterocycles. The molecule has 0 amide bonds. The lowest BCUT2D eigenvalue weighted by molar-refractivity contribution is 0.582. The van der Waals surface area contributed by atoms with Gasteiger partial charge in [0, 0.05) is 20.6 Å². The van der Waals surface area contributed by atoms with Gasteiger partial charge < -0.3 is 10.6 Å². The third-order valence-corrected chi connectivity index (χ3v) is 3.14. The van der Waals surface area contributed by atoms with Gasteiger partial charge in [-0.3, -0.25) is 9.67 Å². The van der Waals surface area contributed by atoms with E-state index in [-0.39, 0.29) is 0 Å². The molecule has 0 aliphatic heterocycles. The van der Waals surface area contributed by atoms with Crippen molar-refractivity contribution >= 4 is 5.96 Å². The second-order valence-corrected chi connectivity index (χ2v) is 4.64. The van der Waals surface area contributed by atoms with Crippen molar-refractivity contribution in [3.63, 3.8) is 0 Å². The van der Waals surface area contributed by atoms with Gasteiger partial charge in [0.25, 0.3) is 0 Å². The van der Waals surface area contributed by atoms with Crippen LogP contribution in [-0.2, 0) is 20.0 Å². The van der Waals surface area contributed by atoms with Gasteiger partial charge in [0.15, 0.2) is 5.96 Å². The molecule has 2 rings (SSSR count). The second kappa shape index (κ2) is 7.48. The number of hydrogen-bond donors (Lipinski definition) is 2. The van der Waals surface area contributed by atoms with Crippen molar-refractivity contribution in [2.45, 2.75) is 13.0 Å². The van der Waals surface area contributed by atoms with Crippen LogP contribution in [0.4, 0.5) is 8.78 Å². The number of aryl methyl sites for hydroxylation is 1. The van der Waals surface area contributed by atoms with Crippen molar-refractivity contribution in [1.82, 2.24) is 25.4 Å².